The number of nitrogens with zero attached hydrogens (tertiary/aromatic N) is 2. The van der Waals surface area contributed by atoms with E-state index in [-0.39, 0.29) is 18.4 Å². The first-order valence-electron chi connectivity index (χ1n) is 9.00. The van der Waals surface area contributed by atoms with E-state index in [0.717, 1.165) is 5.69 Å². The van der Waals surface area contributed by atoms with Gasteiger partial charge >= 0.3 is 5.97 Å². The molecule has 0 radical (unpaired) electrons. The molecule has 2 aromatic carbocycles. The third-order valence-corrected chi connectivity index (χ3v) is 5.38. The van der Waals surface area contributed by atoms with Crippen LogP contribution in [0.2, 0.25) is 10.0 Å². The average molecular weight is 463 g/mol. The molecule has 0 bridgehead atoms. The minimum Gasteiger partial charge on any atom is -0.489 e. The van der Waals surface area contributed by atoms with E-state index in [2.05, 4.69) is 4.98 Å². The molecular weight excluding hydrogens is 447 g/mol. The zero-order valence-corrected chi connectivity index (χ0v) is 18.1. The monoisotopic (exact) mass is 462 g/mol. The van der Waals surface area contributed by atoms with E-state index < -0.39 is 5.97 Å². The summed E-state index contributed by atoms with van der Waals surface area (Å²) in [5, 5.41) is 1.70. The second-order valence-corrected chi connectivity index (χ2v) is 7.73. The summed E-state index contributed by atoms with van der Waals surface area (Å²) in [6.07, 6.45) is -0.298. The van der Waals surface area contributed by atoms with E-state index in [4.69, 9.17) is 49.6 Å². The molecule has 1 aliphatic heterocycles. The van der Waals surface area contributed by atoms with Crippen LogP contribution < -0.4 is 9.64 Å². The number of carbonyl (C=O) groups is 1. The Kier molecular flexibility index (Phi) is 5.94. The lowest BCUT2D eigenvalue weighted by molar-refractivity contribution is 0.0594. The van der Waals surface area contributed by atoms with E-state index in [1.807, 2.05) is 35.2 Å². The van der Waals surface area contributed by atoms with Gasteiger partial charge in [0.1, 0.15) is 12.4 Å². The lowest BCUT2D eigenvalue weighted by atomic mass is 10.1. The molecule has 0 saturated carbocycles. The van der Waals surface area contributed by atoms with Gasteiger partial charge in [0.15, 0.2) is 11.8 Å². The summed E-state index contributed by atoms with van der Waals surface area (Å²) in [6, 6.07) is 14.4. The fourth-order valence-electron chi connectivity index (χ4n) is 3.18. The highest BCUT2D eigenvalue weighted by Gasteiger charge is 2.30. The van der Waals surface area contributed by atoms with Gasteiger partial charge in [-0.2, -0.15) is 0 Å². The largest absolute Gasteiger partial charge is 0.489 e. The quantitative estimate of drug-likeness (QED) is 0.394. The van der Waals surface area contributed by atoms with Crippen molar-refractivity contribution in [3.63, 3.8) is 0 Å². The van der Waals surface area contributed by atoms with Crippen molar-refractivity contribution in [3.8, 4) is 5.75 Å². The SMILES string of the molecule is COC(=O)c1cc(OCC2CN(c3ccccc3)C(=S)O2)c2c(Cl)cc(Cl)cc2n1. The van der Waals surface area contributed by atoms with Crippen molar-refractivity contribution in [2.24, 2.45) is 0 Å². The second-order valence-electron chi connectivity index (χ2n) is 6.54. The number of rotatable bonds is 5. The van der Waals surface area contributed by atoms with Crippen molar-refractivity contribution in [3.05, 3.63) is 64.3 Å². The Bertz CT molecular complexity index is 1130. The molecule has 6 nitrogen and oxygen atoms in total. The van der Waals surface area contributed by atoms with Crippen molar-refractivity contribution >= 4 is 63.2 Å². The van der Waals surface area contributed by atoms with Crippen molar-refractivity contribution < 1.29 is 19.0 Å². The fraction of sp³-hybridized carbons (Fsp3) is 0.190. The molecule has 0 amide bonds. The van der Waals surface area contributed by atoms with E-state index in [1.54, 1.807) is 12.1 Å². The molecule has 1 fully saturated rings. The number of benzene rings is 2. The van der Waals surface area contributed by atoms with Gasteiger partial charge in [0.2, 0.25) is 0 Å². The van der Waals surface area contributed by atoms with Crippen LogP contribution in [0.4, 0.5) is 5.69 Å². The van der Waals surface area contributed by atoms with Crippen LogP contribution in [0.1, 0.15) is 10.5 Å². The minimum atomic E-state index is -0.591. The maximum absolute atomic E-state index is 12.0. The van der Waals surface area contributed by atoms with Crippen LogP contribution in [0.5, 0.6) is 5.75 Å². The fourth-order valence-corrected chi connectivity index (χ4v) is 4.08. The average Bonchev–Trinajstić information content (AvgIpc) is 3.11. The van der Waals surface area contributed by atoms with Gasteiger partial charge in [-0.1, -0.05) is 41.4 Å². The van der Waals surface area contributed by atoms with Gasteiger partial charge in [-0.15, -0.1) is 0 Å². The summed E-state index contributed by atoms with van der Waals surface area (Å²) < 4.78 is 16.6. The number of ether oxygens (including phenoxy) is 3. The molecule has 1 atom stereocenters. The van der Waals surface area contributed by atoms with Crippen LogP contribution in [0, 0.1) is 0 Å². The normalized spacial score (nSPS) is 15.9. The van der Waals surface area contributed by atoms with E-state index in [1.165, 1.54) is 13.2 Å². The second kappa shape index (κ2) is 8.63. The van der Waals surface area contributed by atoms with Gasteiger partial charge in [-0.25, -0.2) is 9.78 Å². The zero-order chi connectivity index (χ0) is 21.3. The van der Waals surface area contributed by atoms with E-state index >= 15 is 0 Å². The van der Waals surface area contributed by atoms with E-state index in [9.17, 15) is 4.79 Å². The highest BCUT2D eigenvalue weighted by molar-refractivity contribution is 7.80. The summed E-state index contributed by atoms with van der Waals surface area (Å²) in [5.41, 5.74) is 1.47. The van der Waals surface area contributed by atoms with Crippen molar-refractivity contribution in [1.82, 2.24) is 4.98 Å². The van der Waals surface area contributed by atoms with Crippen LogP contribution >= 0.6 is 35.4 Å². The standard InChI is InChI=1S/C21H16Cl2N2O4S/c1-27-20(26)17-9-18(19-15(23)7-12(22)8-16(19)24-17)28-11-14-10-25(21(30)29-14)13-5-3-2-4-6-13/h2-9,14H,10-11H2,1H3. The van der Waals surface area contributed by atoms with Gasteiger partial charge in [-0.3, -0.25) is 4.90 Å². The first-order chi connectivity index (χ1) is 14.5. The number of anilines is 1. The Hall–Kier alpha value is -2.61. The number of hydrogen-bond donors (Lipinski definition) is 0. The van der Waals surface area contributed by atoms with Crippen molar-refractivity contribution in [1.29, 1.82) is 0 Å². The predicted octanol–water partition coefficient (Wildman–Crippen LogP) is 4.90. The molecule has 1 aromatic heterocycles. The molecule has 30 heavy (non-hydrogen) atoms. The topological polar surface area (TPSA) is 60.9 Å². The summed E-state index contributed by atoms with van der Waals surface area (Å²) >= 11 is 17.8. The Balaban J connectivity index is 1.59. The zero-order valence-electron chi connectivity index (χ0n) is 15.8. The van der Waals surface area contributed by atoms with Crippen LogP contribution in [0.15, 0.2) is 48.5 Å². The molecule has 4 rings (SSSR count). The van der Waals surface area contributed by atoms with Gasteiger partial charge in [-0.05, 0) is 36.5 Å². The van der Waals surface area contributed by atoms with Crippen LogP contribution in [-0.2, 0) is 9.47 Å². The number of esters is 1. The van der Waals surface area contributed by atoms with Gasteiger partial charge < -0.3 is 14.2 Å². The third kappa shape index (κ3) is 4.14. The maximum Gasteiger partial charge on any atom is 0.356 e. The minimum absolute atomic E-state index is 0.0899. The molecule has 0 N–H and O–H groups in total. The first kappa shape index (κ1) is 20.7. The third-order valence-electron chi connectivity index (χ3n) is 4.55. The van der Waals surface area contributed by atoms with Crippen molar-refractivity contribution in [2.75, 3.05) is 25.2 Å². The molecule has 1 saturated heterocycles. The summed E-state index contributed by atoms with van der Waals surface area (Å²) in [4.78, 5) is 18.2. The Morgan fingerprint density at radius 2 is 2.03 bits per heavy atom. The highest BCUT2D eigenvalue weighted by atomic mass is 35.5. The number of hydrogen-bond acceptors (Lipinski definition) is 6. The molecule has 3 aromatic rings. The molecular formula is C21H16Cl2N2O4S. The highest BCUT2D eigenvalue weighted by Crippen LogP contribution is 2.35. The number of thiocarbonyl (C=S) groups is 1. The number of methoxy groups -OCH3 is 1. The van der Waals surface area contributed by atoms with Gasteiger partial charge in [0, 0.05) is 16.8 Å². The maximum atomic E-state index is 12.0. The predicted molar refractivity (Wildman–Crippen MR) is 120 cm³/mol. The Morgan fingerprint density at radius 3 is 2.77 bits per heavy atom. The van der Waals surface area contributed by atoms with Crippen LogP contribution in [-0.4, -0.2) is 42.5 Å². The molecule has 2 heterocycles. The molecule has 0 aliphatic carbocycles. The number of fused-ring (bicyclic) bond motifs is 1. The van der Waals surface area contributed by atoms with E-state index in [0.29, 0.717) is 38.4 Å². The first-order valence-corrected chi connectivity index (χ1v) is 10.2. The lowest BCUT2D eigenvalue weighted by Gasteiger charge is -2.15. The summed E-state index contributed by atoms with van der Waals surface area (Å²) in [7, 11) is 1.28. The van der Waals surface area contributed by atoms with Crippen LogP contribution in [0.3, 0.4) is 0 Å². The molecule has 1 unspecified atom stereocenters. The van der Waals surface area contributed by atoms with Crippen LogP contribution in [0.25, 0.3) is 10.9 Å². The Morgan fingerprint density at radius 1 is 1.27 bits per heavy atom. The summed E-state index contributed by atoms with van der Waals surface area (Å²) in [5.74, 6) is -0.207. The Labute approximate surface area is 188 Å². The molecule has 1 aliphatic rings. The number of halogens is 2. The lowest BCUT2D eigenvalue weighted by Crippen LogP contribution is -2.26. The molecule has 9 heteroatoms. The number of aromatic nitrogens is 1. The number of carbonyl (C=O) groups excluding carboxylic acids is 1. The van der Waals surface area contributed by atoms with Crippen molar-refractivity contribution in [2.45, 2.75) is 6.10 Å². The number of para-hydroxylation sites is 1. The summed E-state index contributed by atoms with van der Waals surface area (Å²) in [6.45, 7) is 0.734. The molecule has 0 spiro atoms. The van der Waals surface area contributed by atoms with Gasteiger partial charge in [0.05, 0.1) is 29.6 Å². The molecule has 154 valence electrons. The number of pyridine rings is 1. The van der Waals surface area contributed by atoms with Gasteiger partial charge in [0.25, 0.3) is 5.17 Å². The smallest absolute Gasteiger partial charge is 0.356 e.